The zero-order valence-corrected chi connectivity index (χ0v) is 26.0. The third-order valence-electron chi connectivity index (χ3n) is 8.03. The van der Waals surface area contributed by atoms with Gasteiger partial charge in [-0.25, -0.2) is 12.8 Å². The number of pyridine rings is 1. The number of rotatable bonds is 7. The van der Waals surface area contributed by atoms with Crippen molar-refractivity contribution in [2.45, 2.75) is 45.7 Å². The first kappa shape index (κ1) is 30.3. The third kappa shape index (κ3) is 5.72. The van der Waals surface area contributed by atoms with E-state index in [4.69, 9.17) is 12.2 Å². The van der Waals surface area contributed by atoms with E-state index in [2.05, 4.69) is 11.0 Å². The predicted molar refractivity (Wildman–Crippen MR) is 168 cm³/mol. The van der Waals surface area contributed by atoms with Gasteiger partial charge in [-0.05, 0) is 43.5 Å². The molecule has 0 bridgehead atoms. The van der Waals surface area contributed by atoms with Gasteiger partial charge in [0.1, 0.15) is 27.6 Å². The summed E-state index contributed by atoms with van der Waals surface area (Å²) in [6.45, 7) is 6.14. The van der Waals surface area contributed by atoms with Gasteiger partial charge >= 0.3 is 0 Å². The second-order valence-corrected chi connectivity index (χ2v) is 14.6. The van der Waals surface area contributed by atoms with Crippen molar-refractivity contribution in [3.05, 3.63) is 62.0 Å². The van der Waals surface area contributed by atoms with Crippen LogP contribution >= 0.6 is 24.0 Å². The van der Waals surface area contributed by atoms with Gasteiger partial charge in [0, 0.05) is 38.3 Å². The molecule has 0 radical (unpaired) electrons. The van der Waals surface area contributed by atoms with Gasteiger partial charge in [-0.15, -0.1) is 0 Å². The lowest BCUT2D eigenvalue weighted by Gasteiger charge is -2.39. The van der Waals surface area contributed by atoms with Crippen LogP contribution in [0.15, 0.2) is 34.0 Å². The number of hydrogen-bond donors (Lipinski definition) is 0. The van der Waals surface area contributed by atoms with Gasteiger partial charge in [0.15, 0.2) is 9.84 Å². The normalized spacial score (nSPS) is 21.4. The van der Waals surface area contributed by atoms with Gasteiger partial charge in [0.25, 0.3) is 11.5 Å². The van der Waals surface area contributed by atoms with Crippen LogP contribution < -0.4 is 15.4 Å². The van der Waals surface area contributed by atoms with Crippen molar-refractivity contribution in [2.24, 2.45) is 0 Å². The van der Waals surface area contributed by atoms with Crippen LogP contribution in [-0.2, 0) is 21.2 Å². The summed E-state index contributed by atoms with van der Waals surface area (Å²) >= 11 is 6.62. The molecule has 1 aromatic carbocycles. The fraction of sp³-hybridized carbons (Fsp3) is 0.448. The number of piperazine rings is 1. The van der Waals surface area contributed by atoms with E-state index in [1.165, 1.54) is 11.0 Å². The molecule has 0 N–H and O–H groups in total. The Balaban J connectivity index is 1.56. The molecule has 5 rings (SSSR count). The Hall–Kier alpha value is -3.21. The van der Waals surface area contributed by atoms with Crippen molar-refractivity contribution in [3.63, 3.8) is 0 Å². The average molecular weight is 630 g/mol. The number of nitrogens with zero attached hydrogens (tertiary/aromatic N) is 5. The maximum absolute atomic E-state index is 14.5. The number of amides is 1. The smallest absolute Gasteiger partial charge is 0.270 e. The molecule has 3 fully saturated rings. The Morgan fingerprint density at radius 2 is 1.86 bits per heavy atom. The number of carbonyl (C=O) groups excluding carboxylic acids is 1. The number of sulfone groups is 1. The molecule has 3 aliphatic rings. The molecule has 3 aliphatic heterocycles. The van der Waals surface area contributed by atoms with Crippen LogP contribution in [0.2, 0.25) is 0 Å². The molecular formula is C29H32FN5O4S3. The molecule has 9 nitrogen and oxygen atoms in total. The van der Waals surface area contributed by atoms with Crippen molar-refractivity contribution in [2.75, 3.05) is 47.5 Å². The van der Waals surface area contributed by atoms with E-state index in [1.54, 1.807) is 35.8 Å². The lowest BCUT2D eigenvalue weighted by molar-refractivity contribution is -0.123. The summed E-state index contributed by atoms with van der Waals surface area (Å²) < 4.78 is 40.7. The molecule has 1 atom stereocenters. The number of carbonyl (C=O) groups is 1. The summed E-state index contributed by atoms with van der Waals surface area (Å²) in [6.07, 6.45) is 3.58. The summed E-state index contributed by atoms with van der Waals surface area (Å²) in [7, 11) is -3.23. The Kier molecular flexibility index (Phi) is 8.78. The van der Waals surface area contributed by atoms with Crippen molar-refractivity contribution in [1.29, 1.82) is 5.26 Å². The second-order valence-electron chi connectivity index (χ2n) is 10.7. The molecule has 2 aromatic rings. The fourth-order valence-corrected chi connectivity index (χ4v) is 8.86. The Morgan fingerprint density at radius 1 is 1.17 bits per heavy atom. The molecular weight excluding hydrogens is 598 g/mol. The number of anilines is 2. The summed E-state index contributed by atoms with van der Waals surface area (Å²) in [5.41, 5.74) is 1.21. The third-order valence-corrected chi connectivity index (χ3v) is 11.1. The van der Waals surface area contributed by atoms with Gasteiger partial charge in [0.2, 0.25) is 0 Å². The van der Waals surface area contributed by atoms with Gasteiger partial charge < -0.3 is 9.80 Å². The Labute approximate surface area is 254 Å². The Bertz CT molecular complexity index is 1670. The number of aromatic nitrogens is 1. The van der Waals surface area contributed by atoms with E-state index in [9.17, 15) is 27.7 Å². The van der Waals surface area contributed by atoms with Gasteiger partial charge in [-0.3, -0.25) is 19.1 Å². The molecule has 1 unspecified atom stereocenters. The maximum atomic E-state index is 14.5. The predicted octanol–water partition coefficient (Wildman–Crippen LogP) is 3.68. The van der Waals surface area contributed by atoms with E-state index < -0.39 is 15.9 Å². The Morgan fingerprint density at radius 3 is 2.48 bits per heavy atom. The first-order chi connectivity index (χ1) is 20.1. The van der Waals surface area contributed by atoms with Crippen LogP contribution in [0.4, 0.5) is 15.9 Å². The zero-order valence-electron chi connectivity index (χ0n) is 23.5. The molecule has 222 valence electrons. The first-order valence-corrected chi connectivity index (χ1v) is 17.0. The topological polar surface area (TPSA) is 107 Å². The van der Waals surface area contributed by atoms with E-state index in [0.717, 1.165) is 18.2 Å². The summed E-state index contributed by atoms with van der Waals surface area (Å²) in [5.74, 6) is -0.149. The highest BCUT2D eigenvalue weighted by molar-refractivity contribution is 8.26. The van der Waals surface area contributed by atoms with Crippen LogP contribution in [0.3, 0.4) is 0 Å². The van der Waals surface area contributed by atoms with E-state index in [-0.39, 0.29) is 34.4 Å². The molecule has 13 heteroatoms. The minimum Gasteiger partial charge on any atom is -0.366 e. The second kappa shape index (κ2) is 12.2. The molecule has 42 heavy (non-hydrogen) atoms. The van der Waals surface area contributed by atoms with Crippen LogP contribution in [-0.4, -0.2) is 71.8 Å². The number of thiocarbonyl (C=S) groups is 1. The van der Waals surface area contributed by atoms with Crippen molar-refractivity contribution in [3.8, 4) is 6.07 Å². The molecule has 1 amide bonds. The number of benzene rings is 1. The van der Waals surface area contributed by atoms with Gasteiger partial charge in [0.05, 0.1) is 28.1 Å². The van der Waals surface area contributed by atoms with E-state index in [0.29, 0.717) is 77.4 Å². The van der Waals surface area contributed by atoms with Crippen molar-refractivity contribution in [1.82, 2.24) is 9.47 Å². The quantitative estimate of drug-likeness (QED) is 0.335. The maximum Gasteiger partial charge on any atom is 0.270 e. The molecule has 0 aliphatic carbocycles. The number of thioether (sulfide) groups is 1. The van der Waals surface area contributed by atoms with E-state index >= 15 is 0 Å². The average Bonchev–Trinajstić information content (AvgIpc) is 3.46. The summed E-state index contributed by atoms with van der Waals surface area (Å²) in [4.78, 5) is 32.9. The van der Waals surface area contributed by atoms with Crippen molar-refractivity contribution < 1.29 is 17.6 Å². The number of nitriles is 1. The van der Waals surface area contributed by atoms with E-state index in [1.807, 2.05) is 11.8 Å². The molecule has 0 spiro atoms. The molecule has 0 saturated carbocycles. The molecule has 4 heterocycles. The number of halogens is 1. The lowest BCUT2D eigenvalue weighted by Crippen LogP contribution is -2.49. The number of para-hydroxylation sites is 1. The number of hydrogen-bond acceptors (Lipinski definition) is 9. The highest BCUT2D eigenvalue weighted by Gasteiger charge is 2.42. The molecule has 3 saturated heterocycles. The summed E-state index contributed by atoms with van der Waals surface area (Å²) in [5, 5.41) is 9.95. The first-order valence-electron chi connectivity index (χ1n) is 14.0. The number of unbranched alkanes of at least 4 members (excludes halogenated alkanes) is 1. The van der Waals surface area contributed by atoms with Gasteiger partial charge in [-0.1, -0.05) is 49.5 Å². The minimum atomic E-state index is -3.23. The standard InChI is InChI=1S/C29H32FN5O4S3/c1-3-4-10-34-26(33-13-11-32(12-14-33)24-8-6-5-7-23(24)30)21(19(2)22(17-31)27(34)36)16-25-28(37)35(29(40)41-25)20-9-15-42(38,39)18-20/h5-8,16,20H,3-4,9-15,18H2,1-2H3/b25-16+. The minimum absolute atomic E-state index is 0.0171. The van der Waals surface area contributed by atoms with Crippen molar-refractivity contribution >= 4 is 61.6 Å². The van der Waals surface area contributed by atoms with Crippen LogP contribution in [0, 0.1) is 24.1 Å². The van der Waals surface area contributed by atoms with Crippen LogP contribution in [0.25, 0.3) is 6.08 Å². The summed E-state index contributed by atoms with van der Waals surface area (Å²) in [6, 6.07) is 8.19. The van der Waals surface area contributed by atoms with Gasteiger partial charge in [-0.2, -0.15) is 5.26 Å². The SMILES string of the molecule is CCCCn1c(N2CCN(c3ccccc3F)CC2)c(/C=C2/SC(=S)N(C3CCS(=O)(=O)C3)C2=O)c(C)c(C#N)c1=O. The highest BCUT2D eigenvalue weighted by atomic mass is 32.2. The largest absolute Gasteiger partial charge is 0.366 e. The highest BCUT2D eigenvalue weighted by Crippen LogP contribution is 2.38. The molecule has 1 aromatic heterocycles. The zero-order chi connectivity index (χ0) is 30.2. The monoisotopic (exact) mass is 629 g/mol. The van der Waals surface area contributed by atoms with Crippen LogP contribution in [0.1, 0.15) is 42.9 Å². The lowest BCUT2D eigenvalue weighted by atomic mass is 10.0. The van der Waals surface area contributed by atoms with Crippen LogP contribution in [0.5, 0.6) is 0 Å². The fourth-order valence-electron chi connectivity index (χ4n) is 5.78.